The fourth-order valence-electron chi connectivity index (χ4n) is 6.32. The predicted octanol–water partition coefficient (Wildman–Crippen LogP) is 8.63. The summed E-state index contributed by atoms with van der Waals surface area (Å²) in [5, 5.41) is 24.8. The fourth-order valence-corrected chi connectivity index (χ4v) is 6.59. The van der Waals surface area contributed by atoms with E-state index in [1.807, 2.05) is 58.0 Å². The lowest BCUT2D eigenvalue weighted by atomic mass is 10.0. The van der Waals surface area contributed by atoms with E-state index < -0.39 is 11.9 Å². The molecule has 8 bridgehead atoms. The summed E-state index contributed by atoms with van der Waals surface area (Å²) in [6.45, 7) is 20.8. The molecule has 0 radical (unpaired) electrons. The molecule has 274 valence electrons. The van der Waals surface area contributed by atoms with Crippen molar-refractivity contribution in [2.75, 3.05) is 19.6 Å². The van der Waals surface area contributed by atoms with Crippen molar-refractivity contribution in [1.82, 2.24) is 30.6 Å². The van der Waals surface area contributed by atoms with E-state index in [2.05, 4.69) is 40.7 Å². The maximum Gasteiger partial charge on any atom is 0.303 e. The number of allylic oxidation sites excluding steroid dienone is 5. The molecule has 2 aliphatic heterocycles. The summed E-state index contributed by atoms with van der Waals surface area (Å²) in [7, 11) is 0. The number of nitrogens with one attached hydrogen (secondary N) is 4. The van der Waals surface area contributed by atoms with Gasteiger partial charge in [0.1, 0.15) is 0 Å². The van der Waals surface area contributed by atoms with Gasteiger partial charge in [-0.05, 0) is 111 Å². The quantitative estimate of drug-likeness (QED) is 0.0431. The van der Waals surface area contributed by atoms with Crippen molar-refractivity contribution in [2.24, 2.45) is 0 Å². The average Bonchev–Trinajstić information content (AvgIpc) is 3.75. The minimum atomic E-state index is -0.883. The highest BCUT2D eigenvalue weighted by Crippen LogP contribution is 2.36. The molecule has 12 heteroatoms. The number of carbonyl (C=O) groups excluding carboxylic acids is 1. The number of carboxylic acids is 2. The first-order valence-electron chi connectivity index (χ1n) is 17.3. The Balaban J connectivity index is 0.000000530. The highest BCUT2D eigenvalue weighted by molar-refractivity contribution is 14.1. The topological polar surface area (TPSA) is 173 Å². The van der Waals surface area contributed by atoms with Crippen LogP contribution in [0.15, 0.2) is 43.5 Å². The van der Waals surface area contributed by atoms with Gasteiger partial charge in [0.15, 0.2) is 0 Å². The molecular weight excluding hydrogens is 771 g/mol. The Hall–Kier alpha value is -4.82. The SMILES string of the molecule is C=CC1=C(C)c2cc3[nH]c(cc4nc(cc5[nH]c(cc1n2)c(C)c5CCC(=O)O)C(CCC(=O)O)=C4C)c(C)c3C=C.CCCNCCNC(=O)I. The molecule has 0 saturated heterocycles. The van der Waals surface area contributed by atoms with E-state index in [9.17, 15) is 24.6 Å². The van der Waals surface area contributed by atoms with Crippen LogP contribution < -0.4 is 10.6 Å². The summed E-state index contributed by atoms with van der Waals surface area (Å²) < 4.78 is 0.0101. The molecule has 0 saturated carbocycles. The minimum absolute atomic E-state index is 0.0101. The molecule has 0 unspecified atom stereocenters. The van der Waals surface area contributed by atoms with Crippen LogP contribution in [0.25, 0.3) is 50.4 Å². The van der Waals surface area contributed by atoms with E-state index in [4.69, 9.17) is 9.97 Å². The maximum absolute atomic E-state index is 11.5. The number of fused-ring (bicyclic) bond motifs is 8. The Labute approximate surface area is 317 Å². The molecule has 5 heterocycles. The summed E-state index contributed by atoms with van der Waals surface area (Å²) >= 11 is 1.73. The molecule has 0 aliphatic carbocycles. The predicted molar refractivity (Wildman–Crippen MR) is 219 cm³/mol. The number of hydrogen-bond acceptors (Lipinski definition) is 6. The maximum atomic E-state index is 11.5. The van der Waals surface area contributed by atoms with Crippen molar-refractivity contribution >= 4 is 88.9 Å². The van der Waals surface area contributed by atoms with Gasteiger partial charge in [-0.1, -0.05) is 32.2 Å². The van der Waals surface area contributed by atoms with Crippen LogP contribution in [0.2, 0.25) is 0 Å². The number of amides is 1. The van der Waals surface area contributed by atoms with Gasteiger partial charge in [0.2, 0.25) is 0 Å². The van der Waals surface area contributed by atoms with Crippen molar-refractivity contribution in [1.29, 1.82) is 0 Å². The molecule has 6 N–H and O–H groups in total. The zero-order valence-corrected chi connectivity index (χ0v) is 32.6. The van der Waals surface area contributed by atoms with Crippen LogP contribution in [0.3, 0.4) is 0 Å². The van der Waals surface area contributed by atoms with Gasteiger partial charge in [0.25, 0.3) is 3.91 Å². The third-order valence-electron chi connectivity index (χ3n) is 9.21. The molecule has 0 fully saturated rings. The Kier molecular flexibility index (Phi) is 13.9. The minimum Gasteiger partial charge on any atom is -0.481 e. The zero-order chi connectivity index (χ0) is 38.1. The van der Waals surface area contributed by atoms with E-state index in [1.165, 1.54) is 0 Å². The first-order valence-corrected chi connectivity index (χ1v) is 18.4. The summed E-state index contributed by atoms with van der Waals surface area (Å²) in [5.41, 5.74) is 13.7. The van der Waals surface area contributed by atoms with Crippen LogP contribution in [0.5, 0.6) is 0 Å². The number of carboxylic acid groups (broad SMARTS) is 2. The molecule has 0 atom stereocenters. The van der Waals surface area contributed by atoms with Crippen molar-refractivity contribution in [3.63, 3.8) is 0 Å². The van der Waals surface area contributed by atoms with Gasteiger partial charge in [-0.3, -0.25) is 14.4 Å². The van der Waals surface area contributed by atoms with Crippen molar-refractivity contribution in [2.45, 2.75) is 66.7 Å². The first kappa shape index (κ1) is 40.0. The Bertz CT molecular complexity index is 2140. The number of aromatic nitrogens is 4. The Morgan fingerprint density at radius 2 is 1.33 bits per heavy atom. The summed E-state index contributed by atoms with van der Waals surface area (Å²) in [4.78, 5) is 50.3. The number of halogens is 1. The molecule has 52 heavy (non-hydrogen) atoms. The fraction of sp³-hybridized carbons (Fsp3) is 0.325. The second-order valence-electron chi connectivity index (χ2n) is 12.7. The smallest absolute Gasteiger partial charge is 0.303 e. The lowest BCUT2D eigenvalue weighted by molar-refractivity contribution is -0.137. The molecule has 11 nitrogen and oxygen atoms in total. The molecular formula is C40H47IN6O5. The second kappa shape index (κ2) is 18.1. The van der Waals surface area contributed by atoms with Crippen LogP contribution in [0.1, 0.15) is 91.5 Å². The number of nitrogens with zero attached hydrogens (tertiary/aromatic N) is 2. The van der Waals surface area contributed by atoms with E-state index in [-0.39, 0.29) is 16.8 Å². The Morgan fingerprint density at radius 1 is 0.750 bits per heavy atom. The second-order valence-corrected chi connectivity index (χ2v) is 13.7. The van der Waals surface area contributed by atoms with Gasteiger partial charge >= 0.3 is 11.9 Å². The van der Waals surface area contributed by atoms with Gasteiger partial charge in [0, 0.05) is 81.7 Å². The molecule has 5 rings (SSSR count). The Morgan fingerprint density at radius 3 is 1.96 bits per heavy atom. The van der Waals surface area contributed by atoms with Crippen molar-refractivity contribution in [3.8, 4) is 0 Å². The molecule has 1 amide bonds. The normalized spacial score (nSPS) is 12.3. The van der Waals surface area contributed by atoms with E-state index in [0.29, 0.717) is 18.5 Å². The standard InChI is InChI=1S/C34H34N4O4.C6H13IN2O/c1-7-21-17(3)25-13-26-19(5)23(9-11-33(39)40)31(37-26)16-32-24(10-12-34(41)42)20(6)28(38-32)15-30-22(8-2)18(4)27(36-30)14-29(21)35-25;1-2-3-8-4-5-9-6(7)10/h7-8,13-16,35,38H,1-2,9-12H2,3-6H3,(H,39,40)(H,41,42);8H,2-5H2,1H3,(H,9,10). The summed E-state index contributed by atoms with van der Waals surface area (Å²) in [5.74, 6) is -1.76. The number of rotatable bonds is 13. The van der Waals surface area contributed by atoms with E-state index in [0.717, 1.165) is 110 Å². The lowest BCUT2D eigenvalue weighted by Crippen LogP contribution is -2.28. The number of aromatic amines is 2. The third kappa shape index (κ3) is 9.53. The van der Waals surface area contributed by atoms with Crippen LogP contribution >= 0.6 is 22.6 Å². The van der Waals surface area contributed by atoms with Gasteiger partial charge in [-0.15, -0.1) is 0 Å². The number of aryl methyl sites for hydroxylation is 3. The van der Waals surface area contributed by atoms with Crippen LogP contribution in [-0.2, 0) is 16.0 Å². The van der Waals surface area contributed by atoms with Crippen molar-refractivity contribution in [3.05, 3.63) is 88.5 Å². The van der Waals surface area contributed by atoms with Gasteiger partial charge < -0.3 is 30.8 Å². The summed E-state index contributed by atoms with van der Waals surface area (Å²) in [6, 6.07) is 7.88. The van der Waals surface area contributed by atoms with Gasteiger partial charge in [0.05, 0.1) is 22.8 Å². The number of aliphatic carboxylic acids is 2. The van der Waals surface area contributed by atoms with E-state index >= 15 is 0 Å². The zero-order valence-electron chi connectivity index (χ0n) is 30.4. The first-order chi connectivity index (χ1) is 24.8. The molecule has 0 aromatic carbocycles. The highest BCUT2D eigenvalue weighted by Gasteiger charge is 2.21. The lowest BCUT2D eigenvalue weighted by Gasteiger charge is -2.03. The number of hydrogen-bond donors (Lipinski definition) is 6. The largest absolute Gasteiger partial charge is 0.481 e. The van der Waals surface area contributed by atoms with Crippen LogP contribution in [-0.4, -0.2) is 65.6 Å². The van der Waals surface area contributed by atoms with Crippen LogP contribution in [0, 0.1) is 13.8 Å². The third-order valence-corrected chi connectivity index (χ3v) is 9.59. The average molecular weight is 819 g/mol. The monoisotopic (exact) mass is 818 g/mol. The van der Waals surface area contributed by atoms with Crippen molar-refractivity contribution < 1.29 is 24.6 Å². The number of carbonyl (C=O) groups is 3. The molecule has 2 aliphatic rings. The van der Waals surface area contributed by atoms with E-state index in [1.54, 1.807) is 28.7 Å². The summed E-state index contributed by atoms with van der Waals surface area (Å²) in [6.07, 6.45) is 5.36. The van der Waals surface area contributed by atoms with Gasteiger partial charge in [-0.2, -0.15) is 0 Å². The molecule has 3 aromatic heterocycles. The number of H-pyrrole nitrogens is 2. The molecule has 0 spiro atoms. The van der Waals surface area contributed by atoms with Crippen LogP contribution in [0.4, 0.5) is 4.79 Å². The highest BCUT2D eigenvalue weighted by atomic mass is 127. The van der Waals surface area contributed by atoms with Gasteiger partial charge in [-0.25, -0.2) is 9.97 Å². The molecule has 3 aromatic rings.